The number of anilines is 2. The number of rotatable bonds is 3. The van der Waals surface area contributed by atoms with E-state index in [9.17, 15) is 0 Å². The maximum Gasteiger partial charge on any atom is 0.142 e. The first-order valence-electron chi connectivity index (χ1n) is 5.65. The molecule has 0 saturated carbocycles. The van der Waals surface area contributed by atoms with Gasteiger partial charge in [-0.3, -0.25) is 0 Å². The monoisotopic (exact) mass is 222 g/mol. The van der Waals surface area contributed by atoms with E-state index in [1.807, 2.05) is 0 Å². The maximum atomic E-state index is 5.79. The Balaban J connectivity index is 1.88. The highest BCUT2D eigenvalue weighted by Crippen LogP contribution is 2.24. The molecule has 0 spiro atoms. The summed E-state index contributed by atoms with van der Waals surface area (Å²) in [6, 6.07) is 5.29. The molecule has 88 valence electrons. The van der Waals surface area contributed by atoms with Crippen molar-refractivity contribution in [2.45, 2.75) is 25.4 Å². The van der Waals surface area contributed by atoms with Gasteiger partial charge in [0.1, 0.15) is 12.4 Å². The van der Waals surface area contributed by atoms with Crippen LogP contribution in [0.25, 0.3) is 0 Å². The molecule has 4 nitrogen and oxygen atoms in total. The van der Waals surface area contributed by atoms with Gasteiger partial charge in [-0.15, -0.1) is 0 Å². The molecule has 0 bridgehead atoms. The number of hydrogen-bond acceptors (Lipinski definition) is 4. The van der Waals surface area contributed by atoms with Crippen molar-refractivity contribution >= 4 is 11.4 Å². The summed E-state index contributed by atoms with van der Waals surface area (Å²) in [5.41, 5.74) is 12.6. The lowest BCUT2D eigenvalue weighted by Crippen LogP contribution is -2.25. The summed E-state index contributed by atoms with van der Waals surface area (Å²) < 4.78 is 11.2. The van der Waals surface area contributed by atoms with Crippen molar-refractivity contribution in [1.29, 1.82) is 0 Å². The molecule has 1 unspecified atom stereocenters. The summed E-state index contributed by atoms with van der Waals surface area (Å²) in [7, 11) is 0. The molecular weight excluding hydrogens is 204 g/mol. The van der Waals surface area contributed by atoms with E-state index in [4.69, 9.17) is 20.9 Å². The molecule has 1 saturated heterocycles. The van der Waals surface area contributed by atoms with Crippen LogP contribution in [-0.2, 0) is 4.74 Å². The van der Waals surface area contributed by atoms with Crippen molar-refractivity contribution in [1.82, 2.24) is 0 Å². The summed E-state index contributed by atoms with van der Waals surface area (Å²) in [4.78, 5) is 0. The Morgan fingerprint density at radius 1 is 1.31 bits per heavy atom. The first kappa shape index (κ1) is 11.1. The van der Waals surface area contributed by atoms with E-state index < -0.39 is 0 Å². The van der Waals surface area contributed by atoms with Gasteiger partial charge in [0.25, 0.3) is 0 Å². The van der Waals surface area contributed by atoms with Crippen LogP contribution in [0.1, 0.15) is 19.3 Å². The van der Waals surface area contributed by atoms with Crippen molar-refractivity contribution in [3.8, 4) is 5.75 Å². The van der Waals surface area contributed by atoms with Gasteiger partial charge in [-0.2, -0.15) is 0 Å². The SMILES string of the molecule is Nc1ccc(OCC2CCCCO2)c(N)c1. The Bertz CT molecular complexity index is 349. The third-order valence-corrected chi connectivity index (χ3v) is 2.73. The molecule has 1 aliphatic heterocycles. The Morgan fingerprint density at radius 2 is 2.19 bits per heavy atom. The van der Waals surface area contributed by atoms with Gasteiger partial charge < -0.3 is 20.9 Å². The molecule has 2 rings (SSSR count). The van der Waals surface area contributed by atoms with Crippen LogP contribution in [0, 0.1) is 0 Å². The van der Waals surface area contributed by atoms with Crippen LogP contribution in [0.3, 0.4) is 0 Å². The van der Waals surface area contributed by atoms with Crippen molar-refractivity contribution in [3.63, 3.8) is 0 Å². The first-order valence-corrected chi connectivity index (χ1v) is 5.65. The van der Waals surface area contributed by atoms with Crippen molar-refractivity contribution in [2.24, 2.45) is 0 Å². The van der Waals surface area contributed by atoms with Crippen LogP contribution in [0.15, 0.2) is 18.2 Å². The second-order valence-electron chi connectivity index (χ2n) is 4.10. The van der Waals surface area contributed by atoms with Crippen LogP contribution in [0.2, 0.25) is 0 Å². The summed E-state index contributed by atoms with van der Waals surface area (Å²) in [6.45, 7) is 1.40. The molecule has 4 N–H and O–H groups in total. The lowest BCUT2D eigenvalue weighted by molar-refractivity contribution is -0.0109. The van der Waals surface area contributed by atoms with E-state index in [2.05, 4.69) is 0 Å². The number of ether oxygens (including phenoxy) is 2. The van der Waals surface area contributed by atoms with Crippen molar-refractivity contribution in [2.75, 3.05) is 24.7 Å². The van der Waals surface area contributed by atoms with Crippen molar-refractivity contribution in [3.05, 3.63) is 18.2 Å². The molecule has 4 heteroatoms. The molecule has 0 aromatic heterocycles. The van der Waals surface area contributed by atoms with Crippen molar-refractivity contribution < 1.29 is 9.47 Å². The molecule has 1 aromatic carbocycles. The van der Waals surface area contributed by atoms with E-state index in [1.54, 1.807) is 18.2 Å². The molecule has 0 aliphatic carbocycles. The summed E-state index contributed by atoms with van der Waals surface area (Å²) in [5.74, 6) is 0.684. The Morgan fingerprint density at radius 3 is 2.88 bits per heavy atom. The van der Waals surface area contributed by atoms with E-state index in [0.717, 1.165) is 19.4 Å². The zero-order valence-corrected chi connectivity index (χ0v) is 9.32. The average Bonchev–Trinajstić information content (AvgIpc) is 2.29. The van der Waals surface area contributed by atoms with Gasteiger partial charge in [0.05, 0.1) is 11.8 Å². The van der Waals surface area contributed by atoms with Crippen LogP contribution < -0.4 is 16.2 Å². The van der Waals surface area contributed by atoms with Crippen LogP contribution in [0.5, 0.6) is 5.75 Å². The fraction of sp³-hybridized carbons (Fsp3) is 0.500. The van der Waals surface area contributed by atoms with Gasteiger partial charge in [0.15, 0.2) is 0 Å². The van der Waals surface area contributed by atoms with Crippen LogP contribution in [0.4, 0.5) is 11.4 Å². The normalized spacial score (nSPS) is 20.6. The highest BCUT2D eigenvalue weighted by atomic mass is 16.5. The third-order valence-electron chi connectivity index (χ3n) is 2.73. The smallest absolute Gasteiger partial charge is 0.142 e. The predicted octanol–water partition coefficient (Wildman–Crippen LogP) is 1.80. The summed E-state index contributed by atoms with van der Waals surface area (Å²) in [5, 5.41) is 0. The second-order valence-corrected chi connectivity index (χ2v) is 4.10. The van der Waals surface area contributed by atoms with Crippen LogP contribution in [-0.4, -0.2) is 19.3 Å². The molecular formula is C12H18N2O2. The van der Waals surface area contributed by atoms with Gasteiger partial charge >= 0.3 is 0 Å². The molecule has 0 amide bonds. The fourth-order valence-corrected chi connectivity index (χ4v) is 1.82. The fourth-order valence-electron chi connectivity index (χ4n) is 1.82. The standard InChI is InChI=1S/C12H18N2O2/c13-9-4-5-12(11(14)7-9)16-8-10-3-1-2-6-15-10/h4-5,7,10H,1-3,6,8,13-14H2. The number of hydrogen-bond donors (Lipinski definition) is 2. The van der Waals surface area contributed by atoms with Gasteiger partial charge in [-0.1, -0.05) is 0 Å². The largest absolute Gasteiger partial charge is 0.489 e. The molecule has 1 fully saturated rings. The van der Waals surface area contributed by atoms with Gasteiger partial charge in [-0.05, 0) is 37.5 Å². The average molecular weight is 222 g/mol. The number of nitrogen functional groups attached to an aromatic ring is 2. The molecule has 0 radical (unpaired) electrons. The summed E-state index contributed by atoms with van der Waals surface area (Å²) >= 11 is 0. The lowest BCUT2D eigenvalue weighted by Gasteiger charge is -2.22. The second kappa shape index (κ2) is 5.07. The first-order chi connectivity index (χ1) is 7.75. The van der Waals surface area contributed by atoms with E-state index in [1.165, 1.54) is 6.42 Å². The van der Waals surface area contributed by atoms with Gasteiger partial charge in [0, 0.05) is 12.3 Å². The van der Waals surface area contributed by atoms with E-state index in [0.29, 0.717) is 23.7 Å². The van der Waals surface area contributed by atoms with Crippen LogP contribution >= 0.6 is 0 Å². The molecule has 1 aliphatic rings. The minimum Gasteiger partial charge on any atom is -0.489 e. The third kappa shape index (κ3) is 2.79. The molecule has 1 heterocycles. The minimum absolute atomic E-state index is 0.200. The zero-order valence-electron chi connectivity index (χ0n) is 9.32. The van der Waals surface area contributed by atoms with E-state index >= 15 is 0 Å². The highest BCUT2D eigenvalue weighted by Gasteiger charge is 2.14. The lowest BCUT2D eigenvalue weighted by atomic mass is 10.1. The van der Waals surface area contributed by atoms with Gasteiger partial charge in [-0.25, -0.2) is 0 Å². The number of nitrogens with two attached hydrogens (primary N) is 2. The quantitative estimate of drug-likeness (QED) is 0.765. The highest BCUT2D eigenvalue weighted by molar-refractivity contribution is 5.60. The Labute approximate surface area is 95.5 Å². The molecule has 16 heavy (non-hydrogen) atoms. The molecule has 1 aromatic rings. The summed E-state index contributed by atoms with van der Waals surface area (Å²) in [6.07, 6.45) is 3.63. The molecule has 1 atom stereocenters. The maximum absolute atomic E-state index is 5.79. The number of benzene rings is 1. The Hall–Kier alpha value is -1.42. The Kier molecular flexibility index (Phi) is 3.51. The topological polar surface area (TPSA) is 70.5 Å². The minimum atomic E-state index is 0.200. The predicted molar refractivity (Wildman–Crippen MR) is 64.4 cm³/mol. The zero-order chi connectivity index (χ0) is 11.4. The van der Waals surface area contributed by atoms with Gasteiger partial charge in [0.2, 0.25) is 0 Å². The van der Waals surface area contributed by atoms with E-state index in [-0.39, 0.29) is 6.10 Å².